The number of hydrogen-bond donors (Lipinski definition) is 1. The molecule has 23 heavy (non-hydrogen) atoms. The second kappa shape index (κ2) is 8.96. The zero-order valence-corrected chi connectivity index (χ0v) is 14.6. The number of likely N-dealkylation sites (tertiary alicyclic amines) is 1. The Kier molecular flexibility index (Phi) is 6.96. The van der Waals surface area contributed by atoms with E-state index in [0.29, 0.717) is 25.9 Å². The van der Waals surface area contributed by atoms with Gasteiger partial charge in [0.15, 0.2) is 0 Å². The lowest BCUT2D eigenvalue weighted by Gasteiger charge is -2.32. The van der Waals surface area contributed by atoms with E-state index >= 15 is 0 Å². The van der Waals surface area contributed by atoms with Gasteiger partial charge in [0.2, 0.25) is 11.8 Å². The van der Waals surface area contributed by atoms with Gasteiger partial charge in [0.1, 0.15) is 0 Å². The molecule has 0 aromatic heterocycles. The van der Waals surface area contributed by atoms with Crippen molar-refractivity contribution in [1.29, 1.82) is 0 Å². The van der Waals surface area contributed by atoms with Crippen LogP contribution in [0.15, 0.2) is 30.3 Å². The molecule has 0 aliphatic carbocycles. The van der Waals surface area contributed by atoms with Crippen molar-refractivity contribution in [2.45, 2.75) is 37.9 Å². The number of nitrogens with zero attached hydrogens (tertiary/aromatic N) is 1. The van der Waals surface area contributed by atoms with Gasteiger partial charge in [-0.25, -0.2) is 0 Å². The Labute approximate surface area is 142 Å². The largest absolute Gasteiger partial charge is 0.369 e. The minimum Gasteiger partial charge on any atom is -0.369 e. The van der Waals surface area contributed by atoms with E-state index in [1.807, 2.05) is 17.9 Å². The van der Waals surface area contributed by atoms with Crippen LogP contribution in [-0.2, 0) is 16.0 Å². The van der Waals surface area contributed by atoms with E-state index in [-0.39, 0.29) is 23.0 Å². The van der Waals surface area contributed by atoms with Crippen LogP contribution in [0.1, 0.15) is 31.7 Å². The van der Waals surface area contributed by atoms with Gasteiger partial charge < -0.3 is 10.6 Å². The number of hydrogen-bond acceptors (Lipinski definition) is 3. The molecule has 1 saturated heterocycles. The molecule has 0 spiro atoms. The monoisotopic (exact) mass is 334 g/mol. The Morgan fingerprint density at radius 1 is 1.26 bits per heavy atom. The summed E-state index contributed by atoms with van der Waals surface area (Å²) in [6.07, 6.45) is 3.54. The van der Waals surface area contributed by atoms with Gasteiger partial charge in [0.25, 0.3) is 0 Å². The molecule has 2 rings (SSSR count). The average molecular weight is 334 g/mol. The third-order valence-corrected chi connectivity index (χ3v) is 5.60. The molecule has 0 bridgehead atoms. The fraction of sp³-hybridized carbons (Fsp3) is 0.556. The molecule has 1 atom stereocenters. The fourth-order valence-electron chi connectivity index (χ4n) is 2.89. The summed E-state index contributed by atoms with van der Waals surface area (Å²) in [6.45, 7) is 3.29. The van der Waals surface area contributed by atoms with Crippen LogP contribution < -0.4 is 5.73 Å². The molecule has 1 heterocycles. The lowest BCUT2D eigenvalue weighted by molar-refractivity contribution is -0.134. The molecule has 126 valence electrons. The number of amides is 2. The second-order valence-corrected chi connectivity index (χ2v) is 7.55. The number of nitrogens with two attached hydrogens (primary N) is 1. The van der Waals surface area contributed by atoms with E-state index < -0.39 is 0 Å². The van der Waals surface area contributed by atoms with Gasteiger partial charge in [-0.1, -0.05) is 30.3 Å². The number of aryl methyl sites for hydroxylation is 1. The number of carbonyl (C=O) groups is 2. The van der Waals surface area contributed by atoms with Gasteiger partial charge in [-0.3, -0.25) is 9.59 Å². The predicted molar refractivity (Wildman–Crippen MR) is 95.2 cm³/mol. The first-order valence-corrected chi connectivity index (χ1v) is 9.36. The zero-order chi connectivity index (χ0) is 16.7. The zero-order valence-electron chi connectivity index (χ0n) is 13.7. The van der Waals surface area contributed by atoms with Crippen molar-refractivity contribution >= 4 is 23.6 Å². The number of rotatable bonds is 7. The number of piperidine rings is 1. The first-order chi connectivity index (χ1) is 11.1. The molecule has 4 nitrogen and oxygen atoms in total. The molecular formula is C18H26N2O2S. The minimum atomic E-state index is -0.236. The van der Waals surface area contributed by atoms with Crippen LogP contribution in [0, 0.1) is 5.92 Å². The molecule has 2 N–H and O–H groups in total. The molecule has 1 fully saturated rings. The number of thioether (sulfide) groups is 1. The highest BCUT2D eigenvalue weighted by molar-refractivity contribution is 8.00. The fourth-order valence-corrected chi connectivity index (χ4v) is 3.85. The highest BCUT2D eigenvalue weighted by Crippen LogP contribution is 2.21. The van der Waals surface area contributed by atoms with Crippen LogP contribution in [0.3, 0.4) is 0 Å². The SMILES string of the molecule is C[C@@H](SCCCc1ccccc1)C(=O)N1CCC(C(N)=O)CC1. The van der Waals surface area contributed by atoms with Gasteiger partial charge >= 0.3 is 0 Å². The Morgan fingerprint density at radius 3 is 2.52 bits per heavy atom. The molecule has 1 aliphatic heterocycles. The van der Waals surface area contributed by atoms with Gasteiger partial charge in [-0.05, 0) is 43.9 Å². The maximum absolute atomic E-state index is 12.4. The van der Waals surface area contributed by atoms with Crippen molar-refractivity contribution in [3.05, 3.63) is 35.9 Å². The molecule has 5 heteroatoms. The second-order valence-electron chi connectivity index (χ2n) is 6.10. The van der Waals surface area contributed by atoms with E-state index in [4.69, 9.17) is 5.73 Å². The van der Waals surface area contributed by atoms with Crippen molar-refractivity contribution in [2.75, 3.05) is 18.8 Å². The van der Waals surface area contributed by atoms with Crippen LogP contribution in [0.4, 0.5) is 0 Å². The van der Waals surface area contributed by atoms with Crippen LogP contribution >= 0.6 is 11.8 Å². The van der Waals surface area contributed by atoms with Crippen LogP contribution in [0.5, 0.6) is 0 Å². The molecule has 0 radical (unpaired) electrons. The smallest absolute Gasteiger partial charge is 0.235 e. The summed E-state index contributed by atoms with van der Waals surface area (Å²) in [7, 11) is 0. The summed E-state index contributed by atoms with van der Waals surface area (Å²) < 4.78 is 0. The molecule has 1 aromatic carbocycles. The van der Waals surface area contributed by atoms with Crippen molar-refractivity contribution in [3.63, 3.8) is 0 Å². The quantitative estimate of drug-likeness (QED) is 0.779. The topological polar surface area (TPSA) is 63.4 Å². The van der Waals surface area contributed by atoms with E-state index in [0.717, 1.165) is 18.6 Å². The normalized spacial score (nSPS) is 17.0. The lowest BCUT2D eigenvalue weighted by Crippen LogP contribution is -2.44. The number of benzene rings is 1. The van der Waals surface area contributed by atoms with Crippen LogP contribution in [-0.4, -0.2) is 40.8 Å². The molecule has 1 aliphatic rings. The summed E-state index contributed by atoms with van der Waals surface area (Å²) in [6, 6.07) is 10.4. The van der Waals surface area contributed by atoms with Crippen LogP contribution in [0.25, 0.3) is 0 Å². The average Bonchev–Trinajstić information content (AvgIpc) is 2.59. The van der Waals surface area contributed by atoms with Gasteiger partial charge in [0.05, 0.1) is 5.25 Å². The summed E-state index contributed by atoms with van der Waals surface area (Å²) in [5.74, 6) is 0.880. The highest BCUT2D eigenvalue weighted by Gasteiger charge is 2.28. The number of primary amides is 1. The van der Waals surface area contributed by atoms with E-state index in [1.54, 1.807) is 11.8 Å². The third-order valence-electron chi connectivity index (χ3n) is 4.38. The Bertz CT molecular complexity index is 513. The summed E-state index contributed by atoms with van der Waals surface area (Å²) in [5.41, 5.74) is 6.68. The van der Waals surface area contributed by atoms with Crippen molar-refractivity contribution in [1.82, 2.24) is 4.90 Å². The molecule has 0 unspecified atom stereocenters. The van der Waals surface area contributed by atoms with E-state index in [2.05, 4.69) is 24.3 Å². The molecule has 1 aromatic rings. The standard InChI is InChI=1S/C18H26N2O2S/c1-14(23-13-5-8-15-6-3-2-4-7-15)18(22)20-11-9-16(10-12-20)17(19)21/h2-4,6-7,14,16H,5,8-13H2,1H3,(H2,19,21)/t14-/m1/s1. The Morgan fingerprint density at radius 2 is 1.91 bits per heavy atom. The maximum Gasteiger partial charge on any atom is 0.235 e. The van der Waals surface area contributed by atoms with Gasteiger partial charge in [-0.15, -0.1) is 11.8 Å². The summed E-state index contributed by atoms with van der Waals surface area (Å²) in [5, 5.41) is -0.0177. The maximum atomic E-state index is 12.4. The number of carbonyl (C=O) groups excluding carboxylic acids is 2. The first kappa shape index (κ1) is 17.9. The van der Waals surface area contributed by atoms with Gasteiger partial charge in [0, 0.05) is 19.0 Å². The summed E-state index contributed by atoms with van der Waals surface area (Å²) >= 11 is 1.72. The van der Waals surface area contributed by atoms with Crippen molar-refractivity contribution in [3.8, 4) is 0 Å². The van der Waals surface area contributed by atoms with Crippen LogP contribution in [0.2, 0.25) is 0 Å². The highest BCUT2D eigenvalue weighted by atomic mass is 32.2. The third kappa shape index (κ3) is 5.57. The van der Waals surface area contributed by atoms with Gasteiger partial charge in [-0.2, -0.15) is 0 Å². The van der Waals surface area contributed by atoms with Crippen molar-refractivity contribution < 1.29 is 9.59 Å². The molecular weight excluding hydrogens is 308 g/mol. The van der Waals surface area contributed by atoms with Crippen molar-refractivity contribution in [2.24, 2.45) is 11.7 Å². The molecule has 2 amide bonds. The van der Waals surface area contributed by atoms with E-state index in [9.17, 15) is 9.59 Å². The Hall–Kier alpha value is -1.49. The minimum absolute atomic E-state index is 0.0177. The Balaban J connectivity index is 1.66. The molecule has 0 saturated carbocycles. The first-order valence-electron chi connectivity index (χ1n) is 8.31. The predicted octanol–water partition coefficient (Wildman–Crippen LogP) is 2.46. The summed E-state index contributed by atoms with van der Waals surface area (Å²) in [4.78, 5) is 25.5. The lowest BCUT2D eigenvalue weighted by atomic mass is 9.96. The van der Waals surface area contributed by atoms with E-state index in [1.165, 1.54) is 5.56 Å².